The van der Waals surface area contributed by atoms with Gasteiger partial charge in [-0.2, -0.15) is 0 Å². The topological polar surface area (TPSA) is 62.6 Å². The van der Waals surface area contributed by atoms with Crippen LogP contribution in [0.1, 0.15) is 24.2 Å². The van der Waals surface area contributed by atoms with Crippen LogP contribution in [0.25, 0.3) is 0 Å². The van der Waals surface area contributed by atoms with Gasteiger partial charge in [0.05, 0.1) is 13.7 Å². The molecule has 0 amide bonds. The number of hydrogen-bond acceptors (Lipinski definition) is 6. The second-order valence-corrected chi connectivity index (χ2v) is 16.2. The fourth-order valence-corrected chi connectivity index (χ4v) is 4.90. The van der Waals surface area contributed by atoms with Crippen molar-refractivity contribution >= 4 is 25.7 Å². The zero-order chi connectivity index (χ0) is 23.6. The Morgan fingerprint density at radius 2 is 1.94 bits per heavy atom. The lowest BCUT2D eigenvalue weighted by molar-refractivity contribution is -0.0413. The van der Waals surface area contributed by atoms with Crippen molar-refractivity contribution in [1.29, 1.82) is 0 Å². The quantitative estimate of drug-likeness (QED) is 0.165. The Hall–Kier alpha value is -1.87. The summed E-state index contributed by atoms with van der Waals surface area (Å²) in [6.45, 7) is 12.3. The maximum Gasteiger partial charge on any atom is 0.251 e. The van der Waals surface area contributed by atoms with Crippen LogP contribution < -0.4 is 4.74 Å². The minimum absolute atomic E-state index is 0.0424. The molecule has 176 valence electrons. The summed E-state index contributed by atoms with van der Waals surface area (Å²) in [6, 6.07) is 9.02. The fraction of sp³-hybridized carbons (Fsp3) is 0.500. The molecular formula is C24H36N2O4SSi. The van der Waals surface area contributed by atoms with Crippen LogP contribution in [-0.2, 0) is 15.2 Å². The molecule has 2 rings (SSSR count). The summed E-state index contributed by atoms with van der Waals surface area (Å²) >= 11 is 1.58. The molecule has 0 aliphatic rings. The summed E-state index contributed by atoms with van der Waals surface area (Å²) in [6.07, 6.45) is 6.83. The van der Waals surface area contributed by atoms with Crippen LogP contribution in [0.2, 0.25) is 25.7 Å². The van der Waals surface area contributed by atoms with Gasteiger partial charge >= 0.3 is 0 Å². The van der Waals surface area contributed by atoms with Crippen molar-refractivity contribution in [1.82, 2.24) is 9.55 Å². The molecule has 6 nitrogen and oxygen atoms in total. The zero-order valence-electron chi connectivity index (χ0n) is 20.1. The number of benzene rings is 1. The average molecular weight is 477 g/mol. The molecule has 1 aromatic carbocycles. The molecule has 0 saturated heterocycles. The van der Waals surface area contributed by atoms with Crippen molar-refractivity contribution in [2.24, 2.45) is 0 Å². The molecule has 0 spiro atoms. The standard InChI is InChI=1S/C24H36N2O4SSi/c1-20(16-30-19-29-13-14-32(4,5)6)15-24(2,23(27)26-12-11-25-18-26)31-17-21-7-9-22(28-3)10-8-21/h7-12,15,18H,13-14,16-17,19H2,1-6H3/b20-15+/t24-/m0/s1. The summed E-state index contributed by atoms with van der Waals surface area (Å²) in [5.74, 6) is 1.46. The maximum atomic E-state index is 13.3. The van der Waals surface area contributed by atoms with E-state index in [0.717, 1.165) is 29.5 Å². The number of methoxy groups -OCH3 is 1. The summed E-state index contributed by atoms with van der Waals surface area (Å²) in [5, 5.41) is 0. The minimum Gasteiger partial charge on any atom is -0.497 e. The van der Waals surface area contributed by atoms with Gasteiger partial charge in [0, 0.05) is 32.8 Å². The SMILES string of the molecule is COc1ccc(CS[C@@](C)(/C=C(\C)COCOCC[Si](C)(C)C)C(=O)n2ccnc2)cc1. The van der Waals surface area contributed by atoms with Crippen LogP contribution in [0.5, 0.6) is 5.75 Å². The number of thioether (sulfide) groups is 1. The van der Waals surface area contributed by atoms with E-state index in [1.807, 2.05) is 44.2 Å². The van der Waals surface area contributed by atoms with Gasteiger partial charge in [-0.05, 0) is 43.2 Å². The molecule has 0 aliphatic carbocycles. The lowest BCUT2D eigenvalue weighted by Gasteiger charge is -2.25. The van der Waals surface area contributed by atoms with Crippen LogP contribution >= 0.6 is 11.8 Å². The third-order valence-corrected chi connectivity index (χ3v) is 7.95. The Bertz CT molecular complexity index is 863. The Balaban J connectivity index is 2.00. The van der Waals surface area contributed by atoms with Crippen molar-refractivity contribution < 1.29 is 19.0 Å². The predicted molar refractivity (Wildman–Crippen MR) is 134 cm³/mol. The first-order valence-corrected chi connectivity index (χ1v) is 15.5. The zero-order valence-corrected chi connectivity index (χ0v) is 21.9. The molecule has 32 heavy (non-hydrogen) atoms. The monoisotopic (exact) mass is 476 g/mol. The molecule has 1 atom stereocenters. The van der Waals surface area contributed by atoms with E-state index in [1.165, 1.54) is 4.57 Å². The van der Waals surface area contributed by atoms with E-state index in [1.54, 1.807) is 37.6 Å². The third kappa shape index (κ3) is 8.94. The van der Waals surface area contributed by atoms with Crippen molar-refractivity contribution in [2.45, 2.75) is 50.0 Å². The van der Waals surface area contributed by atoms with Gasteiger partial charge in [-0.15, -0.1) is 11.8 Å². The third-order valence-electron chi connectivity index (χ3n) is 4.88. The number of nitrogens with zero attached hydrogens (tertiary/aromatic N) is 2. The summed E-state index contributed by atoms with van der Waals surface area (Å²) in [5.41, 5.74) is 2.11. The molecule has 0 bridgehead atoms. The van der Waals surface area contributed by atoms with Crippen molar-refractivity contribution in [3.63, 3.8) is 0 Å². The van der Waals surface area contributed by atoms with E-state index in [0.29, 0.717) is 12.4 Å². The number of hydrogen-bond donors (Lipinski definition) is 0. The molecule has 0 aliphatic heterocycles. The van der Waals surface area contributed by atoms with Gasteiger partial charge in [-0.3, -0.25) is 9.36 Å². The van der Waals surface area contributed by atoms with E-state index in [9.17, 15) is 4.79 Å². The van der Waals surface area contributed by atoms with Crippen LogP contribution in [0.3, 0.4) is 0 Å². The molecule has 0 unspecified atom stereocenters. The Kier molecular flexibility index (Phi) is 10.2. The second-order valence-electron chi connectivity index (χ2n) is 9.19. The second kappa shape index (κ2) is 12.4. The highest BCUT2D eigenvalue weighted by atomic mass is 32.2. The fourth-order valence-electron chi connectivity index (χ4n) is 2.97. The Morgan fingerprint density at radius 1 is 1.22 bits per heavy atom. The van der Waals surface area contributed by atoms with Crippen LogP contribution in [-0.4, -0.2) is 55.4 Å². The van der Waals surface area contributed by atoms with Gasteiger partial charge in [-0.25, -0.2) is 4.98 Å². The van der Waals surface area contributed by atoms with Gasteiger partial charge in [0.25, 0.3) is 5.91 Å². The normalized spacial score (nSPS) is 14.2. The highest BCUT2D eigenvalue weighted by Gasteiger charge is 2.33. The lowest BCUT2D eigenvalue weighted by atomic mass is 10.1. The van der Waals surface area contributed by atoms with E-state index < -0.39 is 12.8 Å². The first-order valence-electron chi connectivity index (χ1n) is 10.8. The molecule has 0 fully saturated rings. The minimum atomic E-state index is -1.10. The van der Waals surface area contributed by atoms with Gasteiger partial charge in [0.1, 0.15) is 23.6 Å². The van der Waals surface area contributed by atoms with Gasteiger partial charge in [0.2, 0.25) is 0 Å². The molecule has 2 aromatic rings. The van der Waals surface area contributed by atoms with E-state index in [2.05, 4.69) is 24.6 Å². The molecule has 8 heteroatoms. The highest BCUT2D eigenvalue weighted by Crippen LogP contribution is 2.33. The number of imidazole rings is 1. The number of ether oxygens (including phenoxy) is 3. The Labute approximate surface area is 197 Å². The first-order chi connectivity index (χ1) is 15.1. The van der Waals surface area contributed by atoms with Gasteiger partial charge < -0.3 is 14.2 Å². The summed E-state index contributed by atoms with van der Waals surface area (Å²) in [4.78, 5) is 17.3. The number of carbonyl (C=O) groups excluding carboxylic acids is 1. The van der Waals surface area contributed by atoms with Crippen molar-refractivity contribution in [3.8, 4) is 5.75 Å². The number of rotatable bonds is 13. The summed E-state index contributed by atoms with van der Waals surface area (Å²) < 4.78 is 17.3. The van der Waals surface area contributed by atoms with Crippen molar-refractivity contribution in [2.75, 3.05) is 27.1 Å². The highest BCUT2D eigenvalue weighted by molar-refractivity contribution is 8.00. The van der Waals surface area contributed by atoms with E-state index >= 15 is 0 Å². The van der Waals surface area contributed by atoms with E-state index in [4.69, 9.17) is 14.2 Å². The smallest absolute Gasteiger partial charge is 0.251 e. The first kappa shape index (κ1) is 26.4. The number of aromatic nitrogens is 2. The molecule has 0 N–H and O–H groups in total. The maximum absolute atomic E-state index is 13.3. The van der Waals surface area contributed by atoms with Crippen LogP contribution in [0, 0.1) is 0 Å². The largest absolute Gasteiger partial charge is 0.497 e. The predicted octanol–water partition coefficient (Wildman–Crippen LogP) is 5.50. The molecule has 1 heterocycles. The van der Waals surface area contributed by atoms with Crippen molar-refractivity contribution in [3.05, 3.63) is 60.2 Å². The molecule has 0 saturated carbocycles. The van der Waals surface area contributed by atoms with Gasteiger partial charge in [0.15, 0.2) is 0 Å². The van der Waals surface area contributed by atoms with Crippen LogP contribution in [0.4, 0.5) is 0 Å². The van der Waals surface area contributed by atoms with Crippen LogP contribution in [0.15, 0.2) is 54.6 Å². The lowest BCUT2D eigenvalue weighted by Crippen LogP contribution is -2.34. The Morgan fingerprint density at radius 3 is 2.53 bits per heavy atom. The van der Waals surface area contributed by atoms with E-state index in [-0.39, 0.29) is 12.7 Å². The summed E-state index contributed by atoms with van der Waals surface area (Å²) in [7, 11) is 0.551. The average Bonchev–Trinajstić information content (AvgIpc) is 3.28. The molecular weight excluding hydrogens is 440 g/mol. The van der Waals surface area contributed by atoms with Gasteiger partial charge in [-0.1, -0.05) is 37.8 Å². The molecule has 0 radical (unpaired) electrons. The number of carbonyl (C=O) groups is 1. The molecule has 1 aromatic heterocycles.